The molecule has 0 saturated heterocycles. The highest BCUT2D eigenvalue weighted by Gasteiger charge is 2.19. The Morgan fingerprint density at radius 2 is 2.00 bits per heavy atom. The highest BCUT2D eigenvalue weighted by atomic mass is 32.2. The Kier molecular flexibility index (Phi) is 6.36. The second-order valence-corrected chi connectivity index (χ2v) is 7.78. The fourth-order valence-corrected chi connectivity index (χ4v) is 3.42. The highest BCUT2D eigenvalue weighted by Crippen LogP contribution is 2.28. The number of aryl methyl sites for hydroxylation is 2. The van der Waals surface area contributed by atoms with Crippen LogP contribution in [0.15, 0.2) is 47.6 Å². The minimum absolute atomic E-state index is 0.132. The molecule has 2 N–H and O–H groups in total. The lowest BCUT2D eigenvalue weighted by Gasteiger charge is -2.13. The first-order chi connectivity index (χ1) is 13.5. The number of hydrogen-bond donors (Lipinski definition) is 2. The molecule has 0 saturated carbocycles. The fourth-order valence-electron chi connectivity index (χ4n) is 2.69. The summed E-state index contributed by atoms with van der Waals surface area (Å²) in [6.07, 6.45) is 0.996. The van der Waals surface area contributed by atoms with E-state index >= 15 is 0 Å². The van der Waals surface area contributed by atoms with E-state index in [0.29, 0.717) is 22.4 Å². The number of nitrogens with one attached hydrogen (secondary N) is 2. The van der Waals surface area contributed by atoms with E-state index in [2.05, 4.69) is 39.6 Å². The number of methoxy groups -OCH3 is 1. The van der Waals surface area contributed by atoms with Crippen molar-refractivity contribution in [3.8, 4) is 17.1 Å². The quantitative estimate of drug-likeness (QED) is 0.576. The highest BCUT2D eigenvalue weighted by molar-refractivity contribution is 8.00. The molecule has 1 aromatic heterocycles. The normalized spacial score (nSPS) is 11.9. The Hall–Kier alpha value is -2.80. The van der Waals surface area contributed by atoms with Crippen LogP contribution in [-0.2, 0) is 11.2 Å². The number of nitrogens with zero attached hydrogens (tertiary/aromatic N) is 2. The Balaban J connectivity index is 1.66. The second-order valence-electron chi connectivity index (χ2n) is 6.47. The molecule has 0 unspecified atom stereocenters. The number of benzene rings is 2. The largest absolute Gasteiger partial charge is 0.495 e. The molecular weight excluding hydrogens is 372 g/mol. The van der Waals surface area contributed by atoms with Gasteiger partial charge in [-0.1, -0.05) is 49.0 Å². The molecule has 1 heterocycles. The minimum atomic E-state index is -0.365. The lowest BCUT2D eigenvalue weighted by molar-refractivity contribution is -0.115. The molecule has 0 spiro atoms. The van der Waals surface area contributed by atoms with Gasteiger partial charge in [0.1, 0.15) is 5.75 Å². The van der Waals surface area contributed by atoms with Crippen molar-refractivity contribution in [3.05, 3.63) is 53.6 Å². The molecular formula is C21H24N4O2S. The molecule has 0 aliphatic heterocycles. The molecule has 7 heteroatoms. The first-order valence-corrected chi connectivity index (χ1v) is 10.0. The third kappa shape index (κ3) is 4.72. The topological polar surface area (TPSA) is 79.9 Å². The van der Waals surface area contributed by atoms with Gasteiger partial charge in [0.25, 0.3) is 0 Å². The zero-order chi connectivity index (χ0) is 20.1. The Labute approximate surface area is 169 Å². The number of anilines is 1. The van der Waals surface area contributed by atoms with Crippen LogP contribution in [0.5, 0.6) is 5.75 Å². The maximum absolute atomic E-state index is 12.6. The summed E-state index contributed by atoms with van der Waals surface area (Å²) in [5, 5.41) is 10.3. The van der Waals surface area contributed by atoms with Crippen molar-refractivity contribution < 1.29 is 9.53 Å². The zero-order valence-corrected chi connectivity index (χ0v) is 17.3. The summed E-state index contributed by atoms with van der Waals surface area (Å²) in [4.78, 5) is 17.1. The standard InChI is InChI=1S/C21H24N4O2S/c1-5-15-7-9-16(10-8-15)19-23-21(25-24-19)28-14(3)20(26)22-17-12-13(2)6-11-18(17)27-4/h6-12,14H,5H2,1-4H3,(H,22,26)(H,23,24,25)/t14-/m0/s1. The summed E-state index contributed by atoms with van der Waals surface area (Å²) < 4.78 is 5.32. The van der Waals surface area contributed by atoms with Crippen LogP contribution in [0, 0.1) is 6.92 Å². The maximum atomic E-state index is 12.6. The van der Waals surface area contributed by atoms with Gasteiger partial charge in [0, 0.05) is 5.56 Å². The van der Waals surface area contributed by atoms with E-state index in [1.165, 1.54) is 17.3 Å². The van der Waals surface area contributed by atoms with Crippen LogP contribution in [0.2, 0.25) is 0 Å². The summed E-state index contributed by atoms with van der Waals surface area (Å²) >= 11 is 1.31. The molecule has 0 aliphatic rings. The molecule has 1 amide bonds. The van der Waals surface area contributed by atoms with Crippen LogP contribution in [0.1, 0.15) is 25.0 Å². The van der Waals surface area contributed by atoms with Crippen molar-refractivity contribution in [1.82, 2.24) is 15.2 Å². The van der Waals surface area contributed by atoms with Gasteiger partial charge in [0.05, 0.1) is 18.0 Å². The molecule has 0 aliphatic carbocycles. The van der Waals surface area contributed by atoms with E-state index in [1.54, 1.807) is 7.11 Å². The fraction of sp³-hybridized carbons (Fsp3) is 0.286. The van der Waals surface area contributed by atoms with Gasteiger partial charge in [-0.05, 0) is 43.5 Å². The van der Waals surface area contributed by atoms with Crippen LogP contribution >= 0.6 is 11.8 Å². The molecule has 6 nitrogen and oxygen atoms in total. The van der Waals surface area contributed by atoms with E-state index in [9.17, 15) is 4.79 Å². The Morgan fingerprint density at radius 1 is 1.25 bits per heavy atom. The first kappa shape index (κ1) is 19.9. The monoisotopic (exact) mass is 396 g/mol. The van der Waals surface area contributed by atoms with Gasteiger partial charge in [-0.3, -0.25) is 9.89 Å². The summed E-state index contributed by atoms with van der Waals surface area (Å²) in [6, 6.07) is 13.9. The molecule has 0 radical (unpaired) electrons. The zero-order valence-electron chi connectivity index (χ0n) is 16.4. The van der Waals surface area contributed by atoms with E-state index in [1.807, 2.05) is 44.2 Å². The molecule has 146 valence electrons. The summed E-state index contributed by atoms with van der Waals surface area (Å²) in [5.41, 5.74) is 3.95. The Bertz CT molecular complexity index is 953. The van der Waals surface area contributed by atoms with E-state index in [-0.39, 0.29) is 11.2 Å². The number of carbonyl (C=O) groups is 1. The van der Waals surface area contributed by atoms with Gasteiger partial charge in [0.15, 0.2) is 5.82 Å². The van der Waals surface area contributed by atoms with Gasteiger partial charge < -0.3 is 10.1 Å². The van der Waals surface area contributed by atoms with Crippen LogP contribution in [0.4, 0.5) is 5.69 Å². The lowest BCUT2D eigenvalue weighted by Crippen LogP contribution is -2.22. The predicted octanol–water partition coefficient (Wildman–Crippen LogP) is 4.47. The molecule has 0 fully saturated rings. The average Bonchev–Trinajstić information content (AvgIpc) is 3.16. The summed E-state index contributed by atoms with van der Waals surface area (Å²) in [6.45, 7) is 5.92. The van der Waals surface area contributed by atoms with E-state index in [4.69, 9.17) is 4.74 Å². The van der Waals surface area contributed by atoms with Gasteiger partial charge in [-0.25, -0.2) is 4.98 Å². The van der Waals surface area contributed by atoms with Crippen molar-refractivity contribution in [1.29, 1.82) is 0 Å². The van der Waals surface area contributed by atoms with E-state index < -0.39 is 0 Å². The summed E-state index contributed by atoms with van der Waals surface area (Å²) in [7, 11) is 1.58. The van der Waals surface area contributed by atoms with Crippen molar-refractivity contribution in [3.63, 3.8) is 0 Å². The molecule has 28 heavy (non-hydrogen) atoms. The van der Waals surface area contributed by atoms with Crippen molar-refractivity contribution >= 4 is 23.4 Å². The number of rotatable bonds is 7. The molecule has 3 rings (SSSR count). The van der Waals surface area contributed by atoms with Crippen LogP contribution in [0.3, 0.4) is 0 Å². The first-order valence-electron chi connectivity index (χ1n) is 9.14. The average molecular weight is 397 g/mol. The second kappa shape index (κ2) is 8.93. The smallest absolute Gasteiger partial charge is 0.237 e. The van der Waals surface area contributed by atoms with Crippen molar-refractivity contribution in [2.45, 2.75) is 37.6 Å². The SMILES string of the molecule is CCc1ccc(-c2nc(S[C@@H](C)C(=O)Nc3cc(C)ccc3OC)n[nH]2)cc1. The molecule has 2 aromatic carbocycles. The van der Waals surface area contributed by atoms with Crippen molar-refractivity contribution in [2.24, 2.45) is 0 Å². The van der Waals surface area contributed by atoms with Crippen LogP contribution in [-0.4, -0.2) is 33.4 Å². The van der Waals surface area contributed by atoms with Crippen LogP contribution in [0.25, 0.3) is 11.4 Å². The molecule has 1 atom stereocenters. The number of aromatic amines is 1. The number of H-pyrrole nitrogens is 1. The summed E-state index contributed by atoms with van der Waals surface area (Å²) in [5.74, 6) is 1.19. The Morgan fingerprint density at radius 3 is 2.68 bits per heavy atom. The van der Waals surface area contributed by atoms with Gasteiger partial charge >= 0.3 is 0 Å². The third-order valence-corrected chi connectivity index (χ3v) is 5.33. The maximum Gasteiger partial charge on any atom is 0.237 e. The number of thioether (sulfide) groups is 1. The van der Waals surface area contributed by atoms with Gasteiger partial charge in [-0.15, -0.1) is 5.10 Å². The van der Waals surface area contributed by atoms with E-state index in [0.717, 1.165) is 17.5 Å². The number of hydrogen-bond acceptors (Lipinski definition) is 5. The predicted molar refractivity (Wildman–Crippen MR) is 113 cm³/mol. The number of ether oxygens (including phenoxy) is 1. The third-order valence-electron chi connectivity index (χ3n) is 4.36. The van der Waals surface area contributed by atoms with Gasteiger partial charge in [0.2, 0.25) is 11.1 Å². The van der Waals surface area contributed by atoms with Gasteiger partial charge in [-0.2, -0.15) is 0 Å². The minimum Gasteiger partial charge on any atom is -0.495 e. The van der Waals surface area contributed by atoms with Crippen LogP contribution < -0.4 is 10.1 Å². The lowest BCUT2D eigenvalue weighted by atomic mass is 10.1. The number of amides is 1. The van der Waals surface area contributed by atoms with Crippen molar-refractivity contribution in [2.75, 3.05) is 12.4 Å². The number of carbonyl (C=O) groups excluding carboxylic acids is 1. The number of aromatic nitrogens is 3. The molecule has 0 bridgehead atoms. The molecule has 3 aromatic rings.